The van der Waals surface area contributed by atoms with E-state index in [0.717, 1.165) is 28.6 Å². The molecule has 0 aliphatic carbocycles. The van der Waals surface area contributed by atoms with E-state index in [1.54, 1.807) is 0 Å². The summed E-state index contributed by atoms with van der Waals surface area (Å²) in [4.78, 5) is 4.44. The van der Waals surface area contributed by atoms with Crippen molar-refractivity contribution in [1.29, 1.82) is 0 Å². The van der Waals surface area contributed by atoms with Crippen LogP contribution >= 0.6 is 11.8 Å². The Kier molecular flexibility index (Phi) is 2.60. The average Bonchev–Trinajstić information content (AvgIpc) is 2.70. The molecule has 1 aromatic carbocycles. The highest BCUT2D eigenvalue weighted by Gasteiger charge is 2.40. The topological polar surface area (TPSA) is 33.1 Å². The van der Waals surface area contributed by atoms with Crippen LogP contribution < -0.4 is 0 Å². The average molecular weight is 245 g/mol. The van der Waals surface area contributed by atoms with E-state index in [4.69, 9.17) is 0 Å². The summed E-state index contributed by atoms with van der Waals surface area (Å²) in [5.41, 5.74) is 1.23. The summed E-state index contributed by atoms with van der Waals surface area (Å²) in [5.74, 6) is 1.02. The Morgan fingerprint density at radius 1 is 1.41 bits per heavy atom. The van der Waals surface area contributed by atoms with Crippen molar-refractivity contribution in [3.8, 4) is 0 Å². The first-order valence-corrected chi connectivity index (χ1v) is 6.94. The molecule has 2 nitrogen and oxygen atoms in total. The van der Waals surface area contributed by atoms with Gasteiger partial charge < -0.3 is 5.11 Å². The molecule has 2 aromatic rings. The Labute approximate surface area is 105 Å². The number of hydrogen-bond acceptors (Lipinski definition) is 3. The molecule has 2 heterocycles. The van der Waals surface area contributed by atoms with E-state index in [-0.39, 0.29) is 5.25 Å². The van der Waals surface area contributed by atoms with Gasteiger partial charge >= 0.3 is 0 Å². The minimum absolute atomic E-state index is 0.241. The molecule has 0 bridgehead atoms. The van der Waals surface area contributed by atoms with E-state index in [1.165, 1.54) is 0 Å². The maximum absolute atomic E-state index is 10.7. The summed E-state index contributed by atoms with van der Waals surface area (Å²) in [7, 11) is 0. The zero-order chi connectivity index (χ0) is 11.9. The lowest BCUT2D eigenvalue weighted by atomic mass is 9.89. The van der Waals surface area contributed by atoms with E-state index in [9.17, 15) is 5.11 Å². The van der Waals surface area contributed by atoms with E-state index in [2.05, 4.69) is 18.0 Å². The molecule has 2 atom stereocenters. The Morgan fingerprint density at radius 3 is 3.00 bits per heavy atom. The molecule has 88 valence electrons. The van der Waals surface area contributed by atoms with Crippen molar-refractivity contribution in [2.24, 2.45) is 0 Å². The van der Waals surface area contributed by atoms with Crippen LogP contribution in [0.5, 0.6) is 0 Å². The second kappa shape index (κ2) is 4.00. The zero-order valence-corrected chi connectivity index (χ0v) is 10.6. The van der Waals surface area contributed by atoms with Gasteiger partial charge in [0, 0.05) is 22.4 Å². The Bertz CT molecular complexity index is 557. The number of aromatic nitrogens is 1. The van der Waals surface area contributed by atoms with Crippen molar-refractivity contribution < 1.29 is 5.11 Å². The molecule has 0 amide bonds. The Balaban J connectivity index is 2.12. The number of fused-ring (bicyclic) bond motifs is 1. The molecule has 1 aliphatic heterocycles. The standard InChI is InChI=1S/C14H15NOS/c1-10-14(16,6-7-17-10)12-8-11-4-2-3-5-13(11)15-9-12/h2-5,8-10,16H,6-7H2,1H3. The van der Waals surface area contributed by atoms with E-state index < -0.39 is 5.60 Å². The van der Waals surface area contributed by atoms with Gasteiger partial charge in [0.15, 0.2) is 0 Å². The summed E-state index contributed by atoms with van der Waals surface area (Å²) < 4.78 is 0. The van der Waals surface area contributed by atoms with Gasteiger partial charge in [-0.2, -0.15) is 11.8 Å². The molecule has 0 saturated carbocycles. The number of thioether (sulfide) groups is 1. The van der Waals surface area contributed by atoms with Crippen molar-refractivity contribution in [3.63, 3.8) is 0 Å². The molecule has 1 aromatic heterocycles. The van der Waals surface area contributed by atoms with Crippen molar-refractivity contribution in [1.82, 2.24) is 4.98 Å². The quantitative estimate of drug-likeness (QED) is 0.838. The van der Waals surface area contributed by atoms with Crippen LogP contribution in [-0.4, -0.2) is 21.1 Å². The number of rotatable bonds is 1. The Hall–Kier alpha value is -1.06. The van der Waals surface area contributed by atoms with Crippen LogP contribution in [0.25, 0.3) is 10.9 Å². The van der Waals surface area contributed by atoms with Gasteiger partial charge in [0.2, 0.25) is 0 Å². The third-order valence-corrected chi connectivity index (χ3v) is 4.94. The molecular formula is C14H15NOS. The minimum atomic E-state index is -0.707. The third kappa shape index (κ3) is 1.74. The van der Waals surface area contributed by atoms with Gasteiger partial charge in [0.25, 0.3) is 0 Å². The minimum Gasteiger partial charge on any atom is -0.384 e. The van der Waals surface area contributed by atoms with Gasteiger partial charge in [0.05, 0.1) is 5.52 Å². The van der Waals surface area contributed by atoms with Crippen LogP contribution in [0.15, 0.2) is 36.5 Å². The Morgan fingerprint density at radius 2 is 2.24 bits per heavy atom. The van der Waals surface area contributed by atoms with Crippen molar-refractivity contribution in [2.45, 2.75) is 24.2 Å². The molecule has 0 spiro atoms. The van der Waals surface area contributed by atoms with E-state index >= 15 is 0 Å². The van der Waals surface area contributed by atoms with Crippen LogP contribution in [0.3, 0.4) is 0 Å². The van der Waals surface area contributed by atoms with Gasteiger partial charge in [-0.25, -0.2) is 0 Å². The smallest absolute Gasteiger partial charge is 0.103 e. The van der Waals surface area contributed by atoms with Crippen LogP contribution in [0, 0.1) is 0 Å². The summed E-state index contributed by atoms with van der Waals surface area (Å²) in [6.07, 6.45) is 2.64. The fraction of sp³-hybridized carbons (Fsp3) is 0.357. The summed E-state index contributed by atoms with van der Waals surface area (Å²) in [5, 5.41) is 12.1. The van der Waals surface area contributed by atoms with Gasteiger partial charge in [-0.1, -0.05) is 25.1 Å². The number of nitrogens with zero attached hydrogens (tertiary/aromatic N) is 1. The van der Waals surface area contributed by atoms with Gasteiger partial charge in [-0.15, -0.1) is 0 Å². The summed E-state index contributed by atoms with van der Waals surface area (Å²) in [6.45, 7) is 2.09. The molecule has 3 heteroatoms. The second-order valence-electron chi connectivity index (χ2n) is 4.60. The number of pyridine rings is 1. The van der Waals surface area contributed by atoms with Crippen LogP contribution in [-0.2, 0) is 5.60 Å². The first kappa shape index (κ1) is 11.1. The van der Waals surface area contributed by atoms with Gasteiger partial charge in [0.1, 0.15) is 5.60 Å². The predicted octanol–water partition coefficient (Wildman–Crippen LogP) is 2.95. The third-order valence-electron chi connectivity index (χ3n) is 3.61. The van der Waals surface area contributed by atoms with Crippen molar-refractivity contribution in [2.75, 3.05) is 5.75 Å². The lowest BCUT2D eigenvalue weighted by molar-refractivity contribution is 0.0425. The lowest BCUT2D eigenvalue weighted by Crippen LogP contribution is -2.31. The molecule has 3 rings (SSSR count). The molecule has 2 unspecified atom stereocenters. The summed E-state index contributed by atoms with van der Waals surface area (Å²) >= 11 is 1.83. The highest BCUT2D eigenvalue weighted by molar-refractivity contribution is 8.00. The van der Waals surface area contributed by atoms with Crippen molar-refractivity contribution in [3.05, 3.63) is 42.1 Å². The fourth-order valence-corrected chi connectivity index (χ4v) is 3.73. The molecule has 1 saturated heterocycles. The molecule has 17 heavy (non-hydrogen) atoms. The van der Waals surface area contributed by atoms with Crippen LogP contribution in [0.2, 0.25) is 0 Å². The molecule has 1 fully saturated rings. The van der Waals surface area contributed by atoms with E-state index in [1.807, 2.05) is 42.2 Å². The predicted molar refractivity (Wildman–Crippen MR) is 72.2 cm³/mol. The monoisotopic (exact) mass is 245 g/mol. The highest BCUT2D eigenvalue weighted by Crippen LogP contribution is 2.43. The van der Waals surface area contributed by atoms with Gasteiger partial charge in [-0.05, 0) is 24.3 Å². The van der Waals surface area contributed by atoms with Crippen LogP contribution in [0.1, 0.15) is 18.9 Å². The maximum atomic E-state index is 10.7. The first-order valence-electron chi connectivity index (χ1n) is 5.89. The van der Waals surface area contributed by atoms with Gasteiger partial charge in [-0.3, -0.25) is 4.98 Å². The van der Waals surface area contributed by atoms with E-state index in [0.29, 0.717) is 0 Å². The molecular weight excluding hydrogens is 230 g/mol. The molecule has 1 N–H and O–H groups in total. The van der Waals surface area contributed by atoms with Crippen molar-refractivity contribution >= 4 is 22.7 Å². The second-order valence-corrected chi connectivity index (χ2v) is 6.05. The zero-order valence-electron chi connectivity index (χ0n) is 9.76. The normalized spacial score (nSPS) is 28.7. The molecule has 0 radical (unpaired) electrons. The molecule has 1 aliphatic rings. The maximum Gasteiger partial charge on any atom is 0.103 e. The number of benzene rings is 1. The highest BCUT2D eigenvalue weighted by atomic mass is 32.2. The van der Waals surface area contributed by atoms with Crippen LogP contribution in [0.4, 0.5) is 0 Å². The number of hydrogen-bond donors (Lipinski definition) is 1. The number of aliphatic hydroxyl groups is 1. The SMILES string of the molecule is CC1SCCC1(O)c1cnc2ccccc2c1. The summed E-state index contributed by atoms with van der Waals surface area (Å²) in [6, 6.07) is 10.1. The lowest BCUT2D eigenvalue weighted by Gasteiger charge is -2.27. The fourth-order valence-electron chi connectivity index (χ4n) is 2.42. The number of para-hydroxylation sites is 1. The largest absolute Gasteiger partial charge is 0.384 e. The first-order chi connectivity index (χ1) is 8.20.